The van der Waals surface area contributed by atoms with E-state index in [2.05, 4.69) is 5.32 Å². The lowest BCUT2D eigenvalue weighted by Gasteiger charge is -2.10. The Morgan fingerprint density at radius 1 is 1.24 bits per heavy atom. The Morgan fingerprint density at radius 2 is 2.06 bits per heavy atom. The first-order chi connectivity index (χ1) is 8.27. The Hall–Kier alpha value is -0.440. The summed E-state index contributed by atoms with van der Waals surface area (Å²) in [4.78, 5) is 0. The van der Waals surface area contributed by atoms with Gasteiger partial charge < -0.3 is 10.1 Å². The molecule has 0 aliphatic carbocycles. The fourth-order valence-corrected chi connectivity index (χ4v) is 2.01. The highest BCUT2D eigenvalue weighted by Gasteiger charge is 2.02. The van der Waals surface area contributed by atoms with Gasteiger partial charge in [0.2, 0.25) is 0 Å². The van der Waals surface area contributed by atoms with E-state index in [4.69, 9.17) is 27.9 Å². The summed E-state index contributed by atoms with van der Waals surface area (Å²) >= 11 is 11.6. The second-order valence-corrected chi connectivity index (χ2v) is 4.70. The SMILES string of the molecule is COc1ccc(Cl)cc1CNCCCCCCl. The van der Waals surface area contributed by atoms with Crippen LogP contribution in [0.3, 0.4) is 0 Å². The Balaban J connectivity index is 2.32. The molecule has 1 rings (SSSR count). The molecule has 2 nitrogen and oxygen atoms in total. The average molecular weight is 276 g/mol. The second-order valence-electron chi connectivity index (χ2n) is 3.88. The molecule has 0 aliphatic heterocycles. The summed E-state index contributed by atoms with van der Waals surface area (Å²) in [6, 6.07) is 5.67. The molecule has 0 aromatic heterocycles. The lowest BCUT2D eigenvalue weighted by Crippen LogP contribution is -2.15. The summed E-state index contributed by atoms with van der Waals surface area (Å²) in [6.07, 6.45) is 3.41. The van der Waals surface area contributed by atoms with Gasteiger partial charge >= 0.3 is 0 Å². The molecule has 0 radical (unpaired) electrons. The van der Waals surface area contributed by atoms with Gasteiger partial charge in [-0.1, -0.05) is 18.0 Å². The van der Waals surface area contributed by atoms with E-state index in [1.807, 2.05) is 18.2 Å². The first kappa shape index (κ1) is 14.6. The largest absolute Gasteiger partial charge is 0.496 e. The molecule has 1 aromatic rings. The van der Waals surface area contributed by atoms with E-state index in [0.717, 1.165) is 48.1 Å². The summed E-state index contributed by atoms with van der Waals surface area (Å²) in [6.45, 7) is 1.77. The van der Waals surface area contributed by atoms with Crippen LogP contribution in [0.5, 0.6) is 5.75 Å². The molecule has 0 unspecified atom stereocenters. The van der Waals surface area contributed by atoms with Crippen LogP contribution in [-0.2, 0) is 6.54 Å². The molecule has 0 saturated heterocycles. The van der Waals surface area contributed by atoms with E-state index in [9.17, 15) is 0 Å². The van der Waals surface area contributed by atoms with Crippen molar-refractivity contribution < 1.29 is 4.74 Å². The lowest BCUT2D eigenvalue weighted by atomic mass is 10.2. The lowest BCUT2D eigenvalue weighted by molar-refractivity contribution is 0.407. The number of methoxy groups -OCH3 is 1. The van der Waals surface area contributed by atoms with Gasteiger partial charge in [-0.05, 0) is 37.6 Å². The van der Waals surface area contributed by atoms with Crippen LogP contribution >= 0.6 is 23.2 Å². The van der Waals surface area contributed by atoms with Crippen LogP contribution < -0.4 is 10.1 Å². The van der Waals surface area contributed by atoms with E-state index in [-0.39, 0.29) is 0 Å². The molecule has 1 aromatic carbocycles. The average Bonchev–Trinajstić information content (AvgIpc) is 2.34. The zero-order chi connectivity index (χ0) is 12.5. The maximum absolute atomic E-state index is 5.96. The molecule has 0 aliphatic rings. The molecular weight excluding hydrogens is 257 g/mol. The van der Waals surface area contributed by atoms with E-state index in [1.54, 1.807) is 7.11 Å². The summed E-state index contributed by atoms with van der Waals surface area (Å²) in [5.74, 6) is 1.63. The van der Waals surface area contributed by atoms with Crippen LogP contribution in [0.15, 0.2) is 18.2 Å². The molecular formula is C13H19Cl2NO. The zero-order valence-corrected chi connectivity index (χ0v) is 11.7. The Kier molecular flexibility index (Phi) is 7.41. The number of rotatable bonds is 8. The molecule has 96 valence electrons. The van der Waals surface area contributed by atoms with Gasteiger partial charge in [-0.15, -0.1) is 11.6 Å². The van der Waals surface area contributed by atoms with Gasteiger partial charge in [0.05, 0.1) is 7.11 Å². The molecule has 0 fully saturated rings. The molecule has 0 atom stereocenters. The van der Waals surface area contributed by atoms with Crippen molar-refractivity contribution in [3.8, 4) is 5.75 Å². The van der Waals surface area contributed by atoms with Crippen molar-refractivity contribution in [3.63, 3.8) is 0 Å². The van der Waals surface area contributed by atoms with Gasteiger partial charge in [-0.3, -0.25) is 0 Å². The smallest absolute Gasteiger partial charge is 0.123 e. The van der Waals surface area contributed by atoms with Crippen molar-refractivity contribution in [1.82, 2.24) is 5.32 Å². The van der Waals surface area contributed by atoms with Crippen molar-refractivity contribution >= 4 is 23.2 Å². The Labute approximate surface area is 113 Å². The van der Waals surface area contributed by atoms with E-state index < -0.39 is 0 Å². The number of unbranched alkanes of at least 4 members (excludes halogenated alkanes) is 2. The first-order valence-corrected chi connectivity index (χ1v) is 6.78. The van der Waals surface area contributed by atoms with Crippen molar-refractivity contribution in [2.24, 2.45) is 0 Å². The number of alkyl halides is 1. The van der Waals surface area contributed by atoms with Crippen LogP contribution in [-0.4, -0.2) is 19.5 Å². The number of halogens is 2. The molecule has 0 saturated carbocycles. The topological polar surface area (TPSA) is 21.3 Å². The maximum atomic E-state index is 5.96. The second kappa shape index (κ2) is 8.62. The molecule has 0 spiro atoms. The van der Waals surface area contributed by atoms with Gasteiger partial charge in [-0.25, -0.2) is 0 Å². The predicted octanol–water partition coefficient (Wildman–Crippen LogP) is 3.85. The highest BCUT2D eigenvalue weighted by Crippen LogP contribution is 2.22. The highest BCUT2D eigenvalue weighted by atomic mass is 35.5. The van der Waals surface area contributed by atoms with E-state index in [0.29, 0.717) is 0 Å². The van der Waals surface area contributed by atoms with E-state index >= 15 is 0 Å². The summed E-state index contributed by atoms with van der Waals surface area (Å²) in [5, 5.41) is 4.12. The fourth-order valence-electron chi connectivity index (χ4n) is 1.63. The molecule has 1 N–H and O–H groups in total. The normalized spacial score (nSPS) is 10.5. The van der Waals surface area contributed by atoms with Gasteiger partial charge in [0, 0.05) is 23.0 Å². The third kappa shape index (κ3) is 5.62. The monoisotopic (exact) mass is 275 g/mol. The van der Waals surface area contributed by atoms with Gasteiger partial charge in [0.25, 0.3) is 0 Å². The van der Waals surface area contributed by atoms with Crippen LogP contribution in [0, 0.1) is 0 Å². The maximum Gasteiger partial charge on any atom is 0.123 e. The van der Waals surface area contributed by atoms with Crippen molar-refractivity contribution in [2.75, 3.05) is 19.5 Å². The molecule has 17 heavy (non-hydrogen) atoms. The number of benzene rings is 1. The minimum absolute atomic E-state index is 0.741. The van der Waals surface area contributed by atoms with Crippen LogP contribution in [0.2, 0.25) is 5.02 Å². The van der Waals surface area contributed by atoms with Crippen molar-refractivity contribution in [3.05, 3.63) is 28.8 Å². The van der Waals surface area contributed by atoms with Crippen molar-refractivity contribution in [2.45, 2.75) is 25.8 Å². The van der Waals surface area contributed by atoms with Crippen molar-refractivity contribution in [1.29, 1.82) is 0 Å². The quantitative estimate of drug-likeness (QED) is 0.575. The van der Waals surface area contributed by atoms with Gasteiger partial charge in [0.1, 0.15) is 5.75 Å². The number of nitrogens with one attached hydrogen (secondary N) is 1. The van der Waals surface area contributed by atoms with Crippen LogP contribution in [0.4, 0.5) is 0 Å². The summed E-state index contributed by atoms with van der Waals surface area (Å²) in [5.41, 5.74) is 1.09. The minimum Gasteiger partial charge on any atom is -0.496 e. The van der Waals surface area contributed by atoms with Gasteiger partial charge in [0.15, 0.2) is 0 Å². The first-order valence-electron chi connectivity index (χ1n) is 5.87. The highest BCUT2D eigenvalue weighted by molar-refractivity contribution is 6.30. The summed E-state index contributed by atoms with van der Waals surface area (Å²) < 4.78 is 5.28. The van der Waals surface area contributed by atoms with Crippen LogP contribution in [0.1, 0.15) is 24.8 Å². The number of hydrogen-bond acceptors (Lipinski definition) is 2. The molecule has 0 bridgehead atoms. The van der Waals surface area contributed by atoms with Gasteiger partial charge in [-0.2, -0.15) is 0 Å². The Bertz CT molecular complexity index is 331. The Morgan fingerprint density at radius 3 is 2.76 bits per heavy atom. The molecule has 4 heteroatoms. The predicted molar refractivity (Wildman–Crippen MR) is 74.3 cm³/mol. The zero-order valence-electron chi connectivity index (χ0n) is 10.1. The molecule has 0 amide bonds. The van der Waals surface area contributed by atoms with Crippen LogP contribution in [0.25, 0.3) is 0 Å². The fraction of sp³-hybridized carbons (Fsp3) is 0.538. The van der Waals surface area contributed by atoms with E-state index in [1.165, 1.54) is 6.42 Å². The third-order valence-corrected chi connectivity index (χ3v) is 3.05. The standard InChI is InChI=1S/C13H19Cl2NO/c1-17-13-6-5-12(15)9-11(13)10-16-8-4-2-3-7-14/h5-6,9,16H,2-4,7-8,10H2,1H3. The molecule has 0 heterocycles. The summed E-state index contributed by atoms with van der Waals surface area (Å²) in [7, 11) is 1.67. The number of hydrogen-bond donors (Lipinski definition) is 1. The minimum atomic E-state index is 0.741. The third-order valence-electron chi connectivity index (χ3n) is 2.55. The number of ether oxygens (including phenoxy) is 1.